The largest absolute Gasteiger partial charge is 0.316 e. The Morgan fingerprint density at radius 3 is 2.70 bits per heavy atom. The van der Waals surface area contributed by atoms with Gasteiger partial charge in [-0.2, -0.15) is 0 Å². The molecule has 1 nitrogen and oxygen atoms in total. The molecule has 0 aromatic heterocycles. The van der Waals surface area contributed by atoms with E-state index in [4.69, 9.17) is 0 Å². The predicted molar refractivity (Wildman–Crippen MR) is 40.8 cm³/mol. The third kappa shape index (κ3) is 2.65. The maximum Gasteiger partial charge on any atom is 0.0906 e. The van der Waals surface area contributed by atoms with Crippen LogP contribution >= 0.6 is 0 Å². The smallest absolute Gasteiger partial charge is 0.0906 e. The number of rotatable bonds is 5. The van der Waals surface area contributed by atoms with Crippen LogP contribution in [0.1, 0.15) is 26.2 Å². The van der Waals surface area contributed by atoms with Crippen LogP contribution in [-0.4, -0.2) is 19.8 Å². The lowest BCUT2D eigenvalue weighted by Crippen LogP contribution is -2.23. The molecule has 0 heterocycles. The Morgan fingerprint density at radius 2 is 2.20 bits per heavy atom. The Labute approximate surface area is 62.0 Å². The lowest BCUT2D eigenvalue weighted by Gasteiger charge is -2.07. The van der Waals surface area contributed by atoms with E-state index in [1.807, 2.05) is 0 Å². The second-order valence-electron chi connectivity index (χ2n) is 3.53. The summed E-state index contributed by atoms with van der Waals surface area (Å²) in [4.78, 5) is 0. The predicted octanol–water partition coefficient (Wildman–Crippen LogP) is 1.74. The maximum absolute atomic E-state index is 11.6. The molecule has 0 amide bonds. The van der Waals surface area contributed by atoms with Crippen molar-refractivity contribution in [3.8, 4) is 0 Å². The summed E-state index contributed by atoms with van der Waals surface area (Å²) in [6, 6.07) is 0. The molecule has 1 aliphatic carbocycles. The van der Waals surface area contributed by atoms with Crippen LogP contribution in [0.4, 0.5) is 4.39 Å². The van der Waals surface area contributed by atoms with E-state index >= 15 is 0 Å². The molecule has 1 fully saturated rings. The van der Waals surface area contributed by atoms with Crippen molar-refractivity contribution >= 4 is 0 Å². The Morgan fingerprint density at radius 1 is 1.50 bits per heavy atom. The molecule has 0 unspecified atom stereocenters. The first-order valence-electron chi connectivity index (χ1n) is 4.04. The van der Waals surface area contributed by atoms with Crippen molar-refractivity contribution < 1.29 is 4.39 Å². The number of nitrogens with one attached hydrogen (secondary N) is 1. The summed E-state index contributed by atoms with van der Waals surface area (Å²) in [6.07, 6.45) is 3.35. The summed E-state index contributed by atoms with van der Waals surface area (Å²) in [6.45, 7) is 4.00. The SMILES string of the molecule is CC1(CNCCCF)CC1. The molecule has 0 spiro atoms. The molecule has 0 aromatic rings. The number of halogens is 1. The zero-order valence-electron chi connectivity index (χ0n) is 6.62. The van der Waals surface area contributed by atoms with Crippen LogP contribution in [0.3, 0.4) is 0 Å². The van der Waals surface area contributed by atoms with Gasteiger partial charge in [-0.1, -0.05) is 6.92 Å². The van der Waals surface area contributed by atoms with Crippen molar-refractivity contribution in [3.05, 3.63) is 0 Å². The molecule has 10 heavy (non-hydrogen) atoms. The summed E-state index contributed by atoms with van der Waals surface area (Å²) in [5.74, 6) is 0. The highest BCUT2D eigenvalue weighted by Gasteiger charge is 2.36. The summed E-state index contributed by atoms with van der Waals surface area (Å²) < 4.78 is 11.6. The van der Waals surface area contributed by atoms with E-state index in [0.717, 1.165) is 13.1 Å². The van der Waals surface area contributed by atoms with Gasteiger partial charge < -0.3 is 5.32 Å². The van der Waals surface area contributed by atoms with Gasteiger partial charge in [-0.3, -0.25) is 4.39 Å². The van der Waals surface area contributed by atoms with Crippen molar-refractivity contribution in [2.45, 2.75) is 26.2 Å². The standard InChI is InChI=1S/C8H16FN/c1-8(3-4-8)7-10-6-2-5-9/h10H,2-7H2,1H3. The van der Waals surface area contributed by atoms with Crippen LogP contribution in [0, 0.1) is 5.41 Å². The van der Waals surface area contributed by atoms with E-state index in [9.17, 15) is 4.39 Å². The monoisotopic (exact) mass is 145 g/mol. The van der Waals surface area contributed by atoms with Gasteiger partial charge in [0.15, 0.2) is 0 Å². The molecule has 0 radical (unpaired) electrons. The first-order valence-corrected chi connectivity index (χ1v) is 4.04. The lowest BCUT2D eigenvalue weighted by molar-refractivity contribution is 0.437. The molecular formula is C8H16FN. The van der Waals surface area contributed by atoms with E-state index in [0.29, 0.717) is 11.8 Å². The average Bonchev–Trinajstić information content (AvgIpc) is 2.62. The fraction of sp³-hybridized carbons (Fsp3) is 1.00. The molecule has 0 aromatic carbocycles. The topological polar surface area (TPSA) is 12.0 Å². The van der Waals surface area contributed by atoms with Crippen LogP contribution in [-0.2, 0) is 0 Å². The van der Waals surface area contributed by atoms with Gasteiger partial charge in [0.2, 0.25) is 0 Å². The Hall–Kier alpha value is -0.110. The fourth-order valence-corrected chi connectivity index (χ4v) is 0.972. The van der Waals surface area contributed by atoms with E-state index in [2.05, 4.69) is 12.2 Å². The highest BCUT2D eigenvalue weighted by molar-refractivity contribution is 4.90. The quantitative estimate of drug-likeness (QED) is 0.581. The molecule has 1 rings (SSSR count). The van der Waals surface area contributed by atoms with Crippen molar-refractivity contribution in [1.82, 2.24) is 5.32 Å². The van der Waals surface area contributed by atoms with Crippen LogP contribution in [0.5, 0.6) is 0 Å². The van der Waals surface area contributed by atoms with Gasteiger partial charge in [-0.25, -0.2) is 0 Å². The molecule has 1 aliphatic rings. The van der Waals surface area contributed by atoms with Gasteiger partial charge in [0.05, 0.1) is 6.67 Å². The van der Waals surface area contributed by atoms with Crippen LogP contribution in [0.2, 0.25) is 0 Å². The zero-order valence-corrected chi connectivity index (χ0v) is 6.62. The normalized spacial score (nSPS) is 21.0. The van der Waals surface area contributed by atoms with E-state index in [1.54, 1.807) is 0 Å². The first kappa shape index (κ1) is 7.99. The molecule has 0 bridgehead atoms. The molecule has 60 valence electrons. The minimum Gasteiger partial charge on any atom is -0.316 e. The number of hydrogen-bond donors (Lipinski definition) is 1. The maximum atomic E-state index is 11.6. The first-order chi connectivity index (χ1) is 4.77. The molecule has 0 aliphatic heterocycles. The molecule has 1 saturated carbocycles. The van der Waals surface area contributed by atoms with Gasteiger partial charge in [0, 0.05) is 6.54 Å². The minimum atomic E-state index is -0.191. The highest BCUT2D eigenvalue weighted by atomic mass is 19.1. The van der Waals surface area contributed by atoms with Crippen molar-refractivity contribution in [1.29, 1.82) is 0 Å². The third-order valence-electron chi connectivity index (χ3n) is 2.14. The number of alkyl halides is 1. The van der Waals surface area contributed by atoms with Gasteiger partial charge >= 0.3 is 0 Å². The highest BCUT2D eigenvalue weighted by Crippen LogP contribution is 2.43. The molecule has 0 atom stereocenters. The van der Waals surface area contributed by atoms with Gasteiger partial charge in [0.1, 0.15) is 0 Å². The molecule has 0 saturated heterocycles. The fourth-order valence-electron chi connectivity index (χ4n) is 0.972. The molecule has 1 N–H and O–H groups in total. The van der Waals surface area contributed by atoms with E-state index in [1.165, 1.54) is 12.8 Å². The van der Waals surface area contributed by atoms with Gasteiger partial charge in [-0.05, 0) is 31.2 Å². The van der Waals surface area contributed by atoms with Crippen molar-refractivity contribution in [2.24, 2.45) is 5.41 Å². The Kier molecular flexibility index (Phi) is 2.66. The van der Waals surface area contributed by atoms with Crippen LogP contribution < -0.4 is 5.32 Å². The Bertz CT molecular complexity index is 99.4. The summed E-state index contributed by atoms with van der Waals surface area (Å²) in [5.41, 5.74) is 0.566. The van der Waals surface area contributed by atoms with Gasteiger partial charge in [-0.15, -0.1) is 0 Å². The lowest BCUT2D eigenvalue weighted by atomic mass is 10.1. The Balaban J connectivity index is 1.86. The molecule has 2 heteroatoms. The summed E-state index contributed by atoms with van der Waals surface area (Å²) >= 11 is 0. The van der Waals surface area contributed by atoms with E-state index in [-0.39, 0.29) is 6.67 Å². The average molecular weight is 145 g/mol. The minimum absolute atomic E-state index is 0.191. The van der Waals surface area contributed by atoms with Crippen LogP contribution in [0.15, 0.2) is 0 Å². The zero-order chi connectivity index (χ0) is 7.45. The van der Waals surface area contributed by atoms with Crippen molar-refractivity contribution in [2.75, 3.05) is 19.8 Å². The van der Waals surface area contributed by atoms with E-state index < -0.39 is 0 Å². The van der Waals surface area contributed by atoms with Crippen molar-refractivity contribution in [3.63, 3.8) is 0 Å². The second kappa shape index (κ2) is 3.33. The van der Waals surface area contributed by atoms with Crippen LogP contribution in [0.25, 0.3) is 0 Å². The number of hydrogen-bond acceptors (Lipinski definition) is 1. The second-order valence-corrected chi connectivity index (χ2v) is 3.53. The molecular weight excluding hydrogens is 129 g/mol. The third-order valence-corrected chi connectivity index (χ3v) is 2.14. The van der Waals surface area contributed by atoms with Gasteiger partial charge in [0.25, 0.3) is 0 Å². The summed E-state index contributed by atoms with van der Waals surface area (Å²) in [7, 11) is 0. The summed E-state index contributed by atoms with van der Waals surface area (Å²) in [5, 5.41) is 3.25.